The van der Waals surface area contributed by atoms with E-state index in [4.69, 9.17) is 10.5 Å². The number of amides is 1. The molecule has 7 heteroatoms. The third kappa shape index (κ3) is 6.31. The molecule has 1 aromatic rings. The monoisotopic (exact) mass is 255 g/mol. The third-order valence-corrected chi connectivity index (χ3v) is 2.59. The van der Waals surface area contributed by atoms with Crippen LogP contribution in [0.25, 0.3) is 0 Å². The maximum atomic E-state index is 10.9. The minimum atomic E-state index is -0.00881. The largest absolute Gasteiger partial charge is 0.381 e. The summed E-state index contributed by atoms with van der Waals surface area (Å²) in [7, 11) is 1.61. The fourth-order valence-corrected chi connectivity index (χ4v) is 1.42. The second-order valence-electron chi connectivity index (χ2n) is 4.04. The lowest BCUT2D eigenvalue weighted by molar-refractivity contribution is -0.121. The summed E-state index contributed by atoms with van der Waals surface area (Å²) in [6.07, 6.45) is 5.47. The topological polar surface area (TPSA) is 95.1 Å². The normalized spacial score (nSPS) is 12.3. The molecule has 1 amide bonds. The molecule has 0 aliphatic heterocycles. The van der Waals surface area contributed by atoms with Gasteiger partial charge < -0.3 is 15.8 Å². The van der Waals surface area contributed by atoms with Crippen molar-refractivity contribution in [2.24, 2.45) is 5.73 Å². The minimum absolute atomic E-state index is 0.00881. The molecule has 18 heavy (non-hydrogen) atoms. The number of hydrogen-bond donors (Lipinski definition) is 2. The van der Waals surface area contributed by atoms with Crippen LogP contribution in [0.15, 0.2) is 12.4 Å². The third-order valence-electron chi connectivity index (χ3n) is 2.59. The fraction of sp³-hybridized carbons (Fsp3) is 0.727. The van der Waals surface area contributed by atoms with Crippen molar-refractivity contribution in [2.75, 3.05) is 20.3 Å². The molecule has 1 unspecified atom stereocenters. The van der Waals surface area contributed by atoms with Crippen LogP contribution < -0.4 is 11.1 Å². The lowest BCUT2D eigenvalue weighted by atomic mass is 10.1. The Morgan fingerprint density at radius 2 is 2.33 bits per heavy atom. The van der Waals surface area contributed by atoms with E-state index in [0.717, 1.165) is 19.4 Å². The van der Waals surface area contributed by atoms with Crippen LogP contribution in [0.5, 0.6) is 0 Å². The van der Waals surface area contributed by atoms with Crippen molar-refractivity contribution in [3.05, 3.63) is 12.4 Å². The second kappa shape index (κ2) is 8.60. The van der Waals surface area contributed by atoms with Gasteiger partial charge in [0.05, 0.1) is 12.8 Å². The van der Waals surface area contributed by atoms with Gasteiger partial charge in [0.2, 0.25) is 5.91 Å². The molecule has 7 nitrogen and oxygen atoms in total. The summed E-state index contributed by atoms with van der Waals surface area (Å²) in [5.74, 6) is -0.00881. The molecular weight excluding hydrogens is 234 g/mol. The Hall–Kier alpha value is -1.47. The van der Waals surface area contributed by atoms with Gasteiger partial charge in [0.15, 0.2) is 0 Å². The van der Waals surface area contributed by atoms with E-state index in [1.165, 1.54) is 0 Å². The van der Waals surface area contributed by atoms with Gasteiger partial charge >= 0.3 is 0 Å². The molecule has 0 aliphatic carbocycles. The fourth-order valence-electron chi connectivity index (χ4n) is 1.42. The Labute approximate surface area is 107 Å². The Bertz CT molecular complexity index is 328. The maximum absolute atomic E-state index is 10.9. The van der Waals surface area contributed by atoms with Crippen LogP contribution in [0.1, 0.15) is 19.3 Å². The van der Waals surface area contributed by atoms with Crippen molar-refractivity contribution in [3.8, 4) is 0 Å². The first kappa shape index (κ1) is 14.6. The van der Waals surface area contributed by atoms with Crippen LogP contribution in [-0.2, 0) is 16.1 Å². The first-order valence-corrected chi connectivity index (χ1v) is 6.10. The van der Waals surface area contributed by atoms with Crippen LogP contribution in [0, 0.1) is 0 Å². The molecule has 0 spiro atoms. The predicted molar refractivity (Wildman–Crippen MR) is 66.7 cm³/mol. The van der Waals surface area contributed by atoms with E-state index in [9.17, 15) is 4.79 Å². The van der Waals surface area contributed by atoms with Crippen molar-refractivity contribution in [3.63, 3.8) is 0 Å². The van der Waals surface area contributed by atoms with Crippen molar-refractivity contribution >= 4 is 5.91 Å². The zero-order chi connectivity index (χ0) is 13.2. The number of nitrogens with zero attached hydrogens (tertiary/aromatic N) is 3. The lowest BCUT2D eigenvalue weighted by Gasteiger charge is -2.11. The van der Waals surface area contributed by atoms with Crippen molar-refractivity contribution < 1.29 is 9.53 Å². The Morgan fingerprint density at radius 1 is 1.50 bits per heavy atom. The molecular formula is C11H21N5O2. The lowest BCUT2D eigenvalue weighted by Crippen LogP contribution is -2.24. The van der Waals surface area contributed by atoms with Gasteiger partial charge in [-0.1, -0.05) is 5.21 Å². The van der Waals surface area contributed by atoms with Crippen molar-refractivity contribution in [2.45, 2.75) is 31.8 Å². The van der Waals surface area contributed by atoms with Crippen molar-refractivity contribution in [1.29, 1.82) is 0 Å². The highest BCUT2D eigenvalue weighted by Crippen LogP contribution is 1.98. The molecule has 0 saturated heterocycles. The summed E-state index contributed by atoms with van der Waals surface area (Å²) in [4.78, 5) is 10.9. The molecule has 0 aliphatic rings. The summed E-state index contributed by atoms with van der Waals surface area (Å²) in [6, 6.07) is 0.0780. The van der Waals surface area contributed by atoms with E-state index in [2.05, 4.69) is 15.6 Å². The molecule has 0 fully saturated rings. The Morgan fingerprint density at radius 3 is 3.00 bits per heavy atom. The standard InChI is InChI=1S/C11H21N5O2/c1-13-11(17)4-9-18-8-3-10(12)2-6-16-7-5-14-15-16/h5,7,10H,2-4,6,8-9,12H2,1H3,(H,13,17). The van der Waals surface area contributed by atoms with Crippen LogP contribution >= 0.6 is 0 Å². The number of carbonyl (C=O) groups is 1. The number of rotatable bonds is 9. The average Bonchev–Trinajstić information content (AvgIpc) is 2.88. The predicted octanol–water partition coefficient (Wildman–Crippen LogP) is -0.462. The van der Waals surface area contributed by atoms with E-state index in [1.54, 1.807) is 17.9 Å². The molecule has 0 aromatic carbocycles. The van der Waals surface area contributed by atoms with Crippen molar-refractivity contribution in [1.82, 2.24) is 20.3 Å². The Kier molecular flexibility index (Phi) is 6.97. The number of ether oxygens (including phenoxy) is 1. The van der Waals surface area contributed by atoms with Crippen LogP contribution in [-0.4, -0.2) is 47.2 Å². The van der Waals surface area contributed by atoms with Gasteiger partial charge in [0.1, 0.15) is 0 Å². The highest BCUT2D eigenvalue weighted by atomic mass is 16.5. The molecule has 102 valence electrons. The molecule has 1 heterocycles. The Balaban J connectivity index is 1.96. The quantitative estimate of drug-likeness (QED) is 0.582. The SMILES string of the molecule is CNC(=O)CCOCCC(N)CCn1ccnn1. The van der Waals surface area contributed by atoms with Gasteiger partial charge in [-0.3, -0.25) is 9.48 Å². The van der Waals surface area contributed by atoms with Gasteiger partial charge in [-0.2, -0.15) is 0 Å². The van der Waals surface area contributed by atoms with Crippen LogP contribution in [0.2, 0.25) is 0 Å². The number of aryl methyl sites for hydroxylation is 1. The zero-order valence-electron chi connectivity index (χ0n) is 10.7. The molecule has 1 rings (SSSR count). The summed E-state index contributed by atoms with van der Waals surface area (Å²) >= 11 is 0. The molecule has 3 N–H and O–H groups in total. The second-order valence-corrected chi connectivity index (χ2v) is 4.04. The molecule has 0 radical (unpaired) electrons. The van der Waals surface area contributed by atoms with E-state index < -0.39 is 0 Å². The molecule has 1 atom stereocenters. The summed E-state index contributed by atoms with van der Waals surface area (Å²) in [5.41, 5.74) is 5.94. The zero-order valence-corrected chi connectivity index (χ0v) is 10.7. The molecule has 0 bridgehead atoms. The van der Waals surface area contributed by atoms with E-state index in [1.807, 2.05) is 6.20 Å². The first-order valence-electron chi connectivity index (χ1n) is 6.10. The van der Waals surface area contributed by atoms with E-state index in [0.29, 0.717) is 19.6 Å². The molecule has 0 saturated carbocycles. The van der Waals surface area contributed by atoms with Gasteiger partial charge in [0.25, 0.3) is 0 Å². The average molecular weight is 255 g/mol. The summed E-state index contributed by atoms with van der Waals surface area (Å²) < 4.78 is 7.09. The maximum Gasteiger partial charge on any atom is 0.222 e. The highest BCUT2D eigenvalue weighted by Gasteiger charge is 2.04. The summed E-state index contributed by atoms with van der Waals surface area (Å²) in [6.45, 7) is 1.78. The van der Waals surface area contributed by atoms with E-state index >= 15 is 0 Å². The first-order chi connectivity index (χ1) is 8.72. The van der Waals surface area contributed by atoms with Gasteiger partial charge in [0, 0.05) is 38.9 Å². The van der Waals surface area contributed by atoms with E-state index in [-0.39, 0.29) is 11.9 Å². The summed E-state index contributed by atoms with van der Waals surface area (Å²) in [5, 5.41) is 10.1. The van der Waals surface area contributed by atoms with Gasteiger partial charge in [-0.15, -0.1) is 5.10 Å². The number of nitrogens with one attached hydrogen (secondary N) is 1. The van der Waals surface area contributed by atoms with Crippen LogP contribution in [0.4, 0.5) is 0 Å². The minimum Gasteiger partial charge on any atom is -0.381 e. The highest BCUT2D eigenvalue weighted by molar-refractivity contribution is 5.75. The smallest absolute Gasteiger partial charge is 0.222 e. The number of nitrogens with two attached hydrogens (primary N) is 1. The number of carbonyl (C=O) groups excluding carboxylic acids is 1. The number of aromatic nitrogens is 3. The number of hydrogen-bond acceptors (Lipinski definition) is 5. The van der Waals surface area contributed by atoms with Gasteiger partial charge in [-0.25, -0.2) is 0 Å². The van der Waals surface area contributed by atoms with Gasteiger partial charge in [-0.05, 0) is 12.8 Å². The van der Waals surface area contributed by atoms with Crippen LogP contribution in [0.3, 0.4) is 0 Å². The molecule has 1 aromatic heterocycles.